The van der Waals surface area contributed by atoms with E-state index in [1.807, 2.05) is 36.4 Å². The van der Waals surface area contributed by atoms with Crippen molar-refractivity contribution in [2.45, 2.75) is 0 Å². The van der Waals surface area contributed by atoms with Gasteiger partial charge in [-0.2, -0.15) is 0 Å². The molecule has 1 saturated heterocycles. The number of amides is 2. The highest BCUT2D eigenvalue weighted by Gasteiger charge is 2.33. The average molecular weight is 425 g/mol. The van der Waals surface area contributed by atoms with Crippen LogP contribution in [-0.2, 0) is 9.59 Å². The van der Waals surface area contributed by atoms with E-state index in [-0.39, 0.29) is 25.2 Å². The van der Waals surface area contributed by atoms with Gasteiger partial charge in [-0.1, -0.05) is 66.5 Å². The summed E-state index contributed by atoms with van der Waals surface area (Å²) in [7, 11) is 0. The minimum atomic E-state index is -0.346. The number of allylic oxidation sites excluding steroid dienone is 2. The van der Waals surface area contributed by atoms with Crippen molar-refractivity contribution in [1.82, 2.24) is 4.90 Å². The Bertz CT molecular complexity index is 1030. The van der Waals surface area contributed by atoms with Crippen molar-refractivity contribution >= 4 is 51.9 Å². The van der Waals surface area contributed by atoms with E-state index in [9.17, 15) is 9.59 Å². The first kappa shape index (κ1) is 19.2. The second kappa shape index (κ2) is 8.50. The molecule has 2 heterocycles. The lowest BCUT2D eigenvalue weighted by Gasteiger charge is -2.14. The van der Waals surface area contributed by atoms with Crippen LogP contribution in [0.1, 0.15) is 5.56 Å². The molecule has 4 rings (SSSR count). The predicted molar refractivity (Wildman–Crippen MR) is 117 cm³/mol. The number of ether oxygens (including phenoxy) is 2. The van der Waals surface area contributed by atoms with Crippen molar-refractivity contribution in [2.24, 2.45) is 0 Å². The summed E-state index contributed by atoms with van der Waals surface area (Å²) in [6, 6.07) is 14.9. The lowest BCUT2D eigenvalue weighted by molar-refractivity contribution is -0.126. The van der Waals surface area contributed by atoms with E-state index in [1.165, 1.54) is 16.7 Å². The highest BCUT2D eigenvalue weighted by Crippen LogP contribution is 2.34. The van der Waals surface area contributed by atoms with E-state index in [4.69, 9.17) is 21.7 Å². The fraction of sp³-hybridized carbons (Fsp3) is 0.0952. The summed E-state index contributed by atoms with van der Waals surface area (Å²) in [5.41, 5.74) is 1.59. The molecule has 0 unspecified atom stereocenters. The number of hydrogen-bond acceptors (Lipinski definition) is 6. The molecule has 2 aromatic carbocycles. The molecule has 0 aromatic heterocycles. The summed E-state index contributed by atoms with van der Waals surface area (Å²) in [4.78, 5) is 26.8. The Morgan fingerprint density at radius 3 is 2.79 bits per heavy atom. The summed E-state index contributed by atoms with van der Waals surface area (Å²) < 4.78 is 10.9. The SMILES string of the molecule is O=C(CN1C(=O)C(=CC=Cc2ccccc2)SC1=S)Nc1ccc2c(c1)OCO2. The van der Waals surface area contributed by atoms with Gasteiger partial charge in [0.15, 0.2) is 11.5 Å². The first-order valence-corrected chi connectivity index (χ1v) is 9.99. The molecule has 146 valence electrons. The topological polar surface area (TPSA) is 67.9 Å². The third-order valence-corrected chi connectivity index (χ3v) is 5.56. The number of fused-ring (bicyclic) bond motifs is 1. The van der Waals surface area contributed by atoms with Gasteiger partial charge < -0.3 is 14.8 Å². The van der Waals surface area contributed by atoms with Crippen molar-refractivity contribution in [3.05, 3.63) is 71.2 Å². The first-order valence-electron chi connectivity index (χ1n) is 8.77. The van der Waals surface area contributed by atoms with Crippen LogP contribution in [0.25, 0.3) is 6.08 Å². The Labute approximate surface area is 177 Å². The molecule has 6 nitrogen and oxygen atoms in total. The molecule has 1 N–H and O–H groups in total. The van der Waals surface area contributed by atoms with Crippen LogP contribution in [-0.4, -0.2) is 34.4 Å². The van der Waals surface area contributed by atoms with Gasteiger partial charge in [-0.3, -0.25) is 14.5 Å². The van der Waals surface area contributed by atoms with Gasteiger partial charge in [0.05, 0.1) is 4.91 Å². The zero-order valence-corrected chi connectivity index (χ0v) is 16.8. The molecule has 2 aromatic rings. The largest absolute Gasteiger partial charge is 0.454 e. The number of nitrogens with zero attached hydrogens (tertiary/aromatic N) is 1. The van der Waals surface area contributed by atoms with Crippen LogP contribution in [0.4, 0.5) is 5.69 Å². The zero-order chi connectivity index (χ0) is 20.2. The first-order chi connectivity index (χ1) is 14.1. The Morgan fingerprint density at radius 1 is 1.17 bits per heavy atom. The summed E-state index contributed by atoms with van der Waals surface area (Å²) in [5.74, 6) is 0.579. The van der Waals surface area contributed by atoms with E-state index >= 15 is 0 Å². The van der Waals surface area contributed by atoms with Crippen LogP contribution < -0.4 is 14.8 Å². The maximum Gasteiger partial charge on any atom is 0.266 e. The maximum atomic E-state index is 12.6. The molecule has 0 radical (unpaired) electrons. The molecule has 2 amide bonds. The molecule has 2 aliphatic rings. The van der Waals surface area contributed by atoms with Gasteiger partial charge >= 0.3 is 0 Å². The number of rotatable bonds is 5. The van der Waals surface area contributed by atoms with E-state index in [0.717, 1.165) is 5.56 Å². The Balaban J connectivity index is 1.38. The quantitative estimate of drug-likeness (QED) is 0.582. The fourth-order valence-electron chi connectivity index (χ4n) is 2.78. The van der Waals surface area contributed by atoms with Gasteiger partial charge in [0.2, 0.25) is 12.7 Å². The van der Waals surface area contributed by atoms with Gasteiger partial charge in [0, 0.05) is 11.8 Å². The van der Waals surface area contributed by atoms with Gasteiger partial charge in [-0.25, -0.2) is 0 Å². The highest BCUT2D eigenvalue weighted by atomic mass is 32.2. The molecule has 8 heteroatoms. The van der Waals surface area contributed by atoms with Crippen molar-refractivity contribution < 1.29 is 19.1 Å². The molecule has 1 fully saturated rings. The van der Waals surface area contributed by atoms with E-state index in [1.54, 1.807) is 30.4 Å². The van der Waals surface area contributed by atoms with E-state index in [0.29, 0.717) is 26.4 Å². The van der Waals surface area contributed by atoms with Crippen molar-refractivity contribution in [3.63, 3.8) is 0 Å². The summed E-state index contributed by atoms with van der Waals surface area (Å²) in [6.45, 7) is 0.00713. The standard InChI is InChI=1S/C21H16N2O4S2/c24-19(22-15-9-10-16-17(11-15)27-13-26-16)12-23-20(25)18(29-21(23)28)8-4-7-14-5-2-1-3-6-14/h1-11H,12-13H2,(H,22,24). The highest BCUT2D eigenvalue weighted by molar-refractivity contribution is 8.26. The van der Waals surface area contributed by atoms with Gasteiger partial charge in [0.25, 0.3) is 5.91 Å². The number of nitrogens with one attached hydrogen (secondary N) is 1. The zero-order valence-electron chi connectivity index (χ0n) is 15.2. The summed E-state index contributed by atoms with van der Waals surface area (Å²) in [5, 5.41) is 2.75. The molecule has 2 aliphatic heterocycles. The van der Waals surface area contributed by atoms with Crippen LogP contribution in [0.3, 0.4) is 0 Å². The molecular weight excluding hydrogens is 408 g/mol. The second-order valence-corrected chi connectivity index (χ2v) is 7.85. The lowest BCUT2D eigenvalue weighted by Crippen LogP contribution is -2.36. The summed E-state index contributed by atoms with van der Waals surface area (Å²) in [6.07, 6.45) is 5.41. The molecule has 0 aliphatic carbocycles. The predicted octanol–water partition coefficient (Wildman–Crippen LogP) is 3.81. The van der Waals surface area contributed by atoms with Crippen LogP contribution in [0.5, 0.6) is 11.5 Å². The Kier molecular flexibility index (Phi) is 5.64. The van der Waals surface area contributed by atoms with E-state index < -0.39 is 0 Å². The number of thioether (sulfide) groups is 1. The lowest BCUT2D eigenvalue weighted by atomic mass is 10.2. The number of thiocarbonyl (C=S) groups is 1. The minimum Gasteiger partial charge on any atom is -0.454 e. The Morgan fingerprint density at radius 2 is 1.97 bits per heavy atom. The number of carbonyl (C=O) groups excluding carboxylic acids is 2. The third kappa shape index (κ3) is 4.49. The minimum absolute atomic E-state index is 0.154. The fourth-order valence-corrected chi connectivity index (χ4v) is 3.99. The second-order valence-electron chi connectivity index (χ2n) is 6.18. The van der Waals surface area contributed by atoms with Crippen LogP contribution in [0, 0.1) is 0 Å². The number of benzene rings is 2. The van der Waals surface area contributed by atoms with Crippen LogP contribution >= 0.6 is 24.0 Å². The number of carbonyl (C=O) groups is 2. The van der Waals surface area contributed by atoms with Crippen molar-refractivity contribution in [1.29, 1.82) is 0 Å². The average Bonchev–Trinajstić information content (AvgIpc) is 3.28. The maximum absolute atomic E-state index is 12.6. The van der Waals surface area contributed by atoms with Crippen LogP contribution in [0.2, 0.25) is 0 Å². The Hall–Kier alpha value is -3.10. The monoisotopic (exact) mass is 424 g/mol. The van der Waals surface area contributed by atoms with Crippen molar-refractivity contribution in [3.8, 4) is 11.5 Å². The molecule has 29 heavy (non-hydrogen) atoms. The van der Waals surface area contributed by atoms with Crippen LogP contribution in [0.15, 0.2) is 65.6 Å². The van der Waals surface area contributed by atoms with Gasteiger partial charge in [0.1, 0.15) is 10.9 Å². The molecule has 0 spiro atoms. The molecular formula is C21H16N2O4S2. The van der Waals surface area contributed by atoms with Gasteiger partial charge in [-0.05, 0) is 23.8 Å². The third-order valence-electron chi connectivity index (χ3n) is 4.17. The number of anilines is 1. The summed E-state index contributed by atoms with van der Waals surface area (Å²) >= 11 is 6.46. The number of hydrogen-bond donors (Lipinski definition) is 1. The molecule has 0 bridgehead atoms. The smallest absolute Gasteiger partial charge is 0.266 e. The van der Waals surface area contributed by atoms with Gasteiger partial charge in [-0.15, -0.1) is 0 Å². The molecule has 0 atom stereocenters. The normalized spacial score (nSPS) is 16.8. The van der Waals surface area contributed by atoms with Crippen molar-refractivity contribution in [2.75, 3.05) is 18.7 Å². The van der Waals surface area contributed by atoms with E-state index in [2.05, 4.69) is 5.32 Å². The molecule has 0 saturated carbocycles.